The third-order valence-electron chi connectivity index (χ3n) is 2.64. The molecule has 0 aromatic carbocycles. The van der Waals surface area contributed by atoms with E-state index >= 15 is 0 Å². The molecule has 0 amide bonds. The van der Waals surface area contributed by atoms with Crippen LogP contribution in [0.2, 0.25) is 0 Å². The van der Waals surface area contributed by atoms with Crippen LogP contribution >= 0.6 is 12.6 Å². The van der Waals surface area contributed by atoms with Gasteiger partial charge in [-0.3, -0.25) is 4.90 Å². The summed E-state index contributed by atoms with van der Waals surface area (Å²) in [6, 6.07) is 0. The molecule has 2 nitrogen and oxygen atoms in total. The molecule has 1 aliphatic heterocycles. The Morgan fingerprint density at radius 2 is 1.71 bits per heavy atom. The van der Waals surface area contributed by atoms with Gasteiger partial charge < -0.3 is 4.90 Å². The average molecular weight is 214 g/mol. The van der Waals surface area contributed by atoms with E-state index in [2.05, 4.69) is 41.5 Å². The summed E-state index contributed by atoms with van der Waals surface area (Å²) in [7, 11) is 0. The largest absolute Gasteiger partial charge is 0.301 e. The van der Waals surface area contributed by atoms with Crippen molar-refractivity contribution in [1.29, 1.82) is 0 Å². The fraction of sp³-hybridized carbons (Fsp3) is 0.818. The molecule has 0 aromatic rings. The van der Waals surface area contributed by atoms with Gasteiger partial charge in [0.2, 0.25) is 0 Å². The van der Waals surface area contributed by atoms with E-state index in [1.807, 2.05) is 0 Å². The van der Waals surface area contributed by atoms with Gasteiger partial charge in [-0.2, -0.15) is 12.6 Å². The second-order valence-corrected chi connectivity index (χ2v) is 4.16. The average Bonchev–Trinajstić information content (AvgIpc) is 2.21. The van der Waals surface area contributed by atoms with Crippen LogP contribution in [0.15, 0.2) is 12.2 Å². The Kier molecular flexibility index (Phi) is 6.32. The van der Waals surface area contributed by atoms with Crippen molar-refractivity contribution < 1.29 is 0 Å². The lowest BCUT2D eigenvalue weighted by Gasteiger charge is -2.33. The molecule has 0 aliphatic carbocycles. The van der Waals surface area contributed by atoms with Crippen LogP contribution in [0.1, 0.15) is 13.3 Å². The van der Waals surface area contributed by atoms with Crippen molar-refractivity contribution >= 4 is 12.6 Å². The minimum absolute atomic E-state index is 0.857. The van der Waals surface area contributed by atoms with E-state index in [1.54, 1.807) is 0 Å². The number of hydrogen-bond acceptors (Lipinski definition) is 3. The Labute approximate surface area is 93.4 Å². The number of piperazine rings is 1. The van der Waals surface area contributed by atoms with Crippen molar-refractivity contribution in [3.05, 3.63) is 12.2 Å². The fourth-order valence-corrected chi connectivity index (χ4v) is 1.96. The molecule has 1 rings (SSSR count). The SMILES string of the molecule is CCCN1CCN(CC=CCS)CC1. The van der Waals surface area contributed by atoms with Crippen LogP contribution in [-0.2, 0) is 0 Å². The highest BCUT2D eigenvalue weighted by atomic mass is 32.1. The van der Waals surface area contributed by atoms with Crippen LogP contribution in [0, 0.1) is 0 Å². The smallest absolute Gasteiger partial charge is 0.0164 e. The van der Waals surface area contributed by atoms with Crippen molar-refractivity contribution in [2.24, 2.45) is 0 Å². The summed E-state index contributed by atoms with van der Waals surface area (Å²) in [6.45, 7) is 9.53. The molecule has 0 N–H and O–H groups in total. The van der Waals surface area contributed by atoms with Crippen molar-refractivity contribution in [2.75, 3.05) is 45.0 Å². The summed E-state index contributed by atoms with van der Waals surface area (Å²) >= 11 is 4.15. The second-order valence-electron chi connectivity index (χ2n) is 3.80. The van der Waals surface area contributed by atoms with Crippen molar-refractivity contribution in [3.63, 3.8) is 0 Å². The Morgan fingerprint density at radius 3 is 2.29 bits per heavy atom. The minimum atomic E-state index is 0.857. The van der Waals surface area contributed by atoms with Gasteiger partial charge in [0, 0.05) is 38.5 Å². The minimum Gasteiger partial charge on any atom is -0.301 e. The first-order valence-corrected chi connectivity index (χ1v) is 6.20. The molecule has 0 unspecified atom stereocenters. The highest BCUT2D eigenvalue weighted by molar-refractivity contribution is 7.80. The molecule has 0 spiro atoms. The summed E-state index contributed by atoms with van der Waals surface area (Å²) < 4.78 is 0. The summed E-state index contributed by atoms with van der Waals surface area (Å²) in [6.07, 6.45) is 5.63. The Balaban J connectivity index is 2.12. The number of rotatable bonds is 5. The zero-order valence-corrected chi connectivity index (χ0v) is 10.0. The third-order valence-corrected chi connectivity index (χ3v) is 2.85. The van der Waals surface area contributed by atoms with Gasteiger partial charge >= 0.3 is 0 Å². The highest BCUT2D eigenvalue weighted by Gasteiger charge is 2.14. The lowest BCUT2D eigenvalue weighted by atomic mass is 10.3. The lowest BCUT2D eigenvalue weighted by molar-refractivity contribution is 0.143. The van der Waals surface area contributed by atoms with Crippen molar-refractivity contribution in [1.82, 2.24) is 9.80 Å². The topological polar surface area (TPSA) is 6.48 Å². The zero-order chi connectivity index (χ0) is 10.2. The van der Waals surface area contributed by atoms with Gasteiger partial charge in [0.15, 0.2) is 0 Å². The molecule has 82 valence electrons. The van der Waals surface area contributed by atoms with Gasteiger partial charge in [-0.25, -0.2) is 0 Å². The Hall–Kier alpha value is 0.01000. The maximum atomic E-state index is 4.15. The zero-order valence-electron chi connectivity index (χ0n) is 9.15. The molecule has 0 radical (unpaired) electrons. The van der Waals surface area contributed by atoms with E-state index in [1.165, 1.54) is 39.1 Å². The number of nitrogens with zero attached hydrogens (tertiary/aromatic N) is 2. The van der Waals surface area contributed by atoms with Crippen LogP contribution in [0.3, 0.4) is 0 Å². The number of hydrogen-bond donors (Lipinski definition) is 1. The van der Waals surface area contributed by atoms with Gasteiger partial charge in [-0.1, -0.05) is 19.1 Å². The van der Waals surface area contributed by atoms with Crippen LogP contribution in [-0.4, -0.2) is 54.8 Å². The van der Waals surface area contributed by atoms with E-state index < -0.39 is 0 Å². The van der Waals surface area contributed by atoms with E-state index in [0.717, 1.165) is 12.3 Å². The highest BCUT2D eigenvalue weighted by Crippen LogP contribution is 2.02. The van der Waals surface area contributed by atoms with Crippen molar-refractivity contribution in [3.8, 4) is 0 Å². The molecule has 0 bridgehead atoms. The summed E-state index contributed by atoms with van der Waals surface area (Å²) in [4.78, 5) is 5.06. The monoisotopic (exact) mass is 214 g/mol. The molecule has 14 heavy (non-hydrogen) atoms. The standard InChI is InChI=1S/C11H22N2S/c1-2-5-12-7-9-13(10-8-12)6-3-4-11-14/h3-4,14H,2,5-11H2,1H3. The van der Waals surface area contributed by atoms with Gasteiger partial charge in [-0.15, -0.1) is 0 Å². The van der Waals surface area contributed by atoms with E-state index in [0.29, 0.717) is 0 Å². The molecule has 0 atom stereocenters. The molecular formula is C11H22N2S. The predicted octanol–water partition coefficient (Wildman–Crippen LogP) is 1.50. The fourth-order valence-electron chi connectivity index (χ4n) is 1.81. The molecule has 3 heteroatoms. The van der Waals surface area contributed by atoms with Crippen LogP contribution in [0.25, 0.3) is 0 Å². The lowest BCUT2D eigenvalue weighted by Crippen LogP contribution is -2.46. The maximum Gasteiger partial charge on any atom is 0.0164 e. The Morgan fingerprint density at radius 1 is 1.07 bits per heavy atom. The maximum absolute atomic E-state index is 4.15. The molecule has 0 saturated carbocycles. The second kappa shape index (κ2) is 7.32. The first kappa shape index (κ1) is 12.1. The number of thiol groups is 1. The Bertz CT molecular complexity index is 163. The van der Waals surface area contributed by atoms with E-state index in [-0.39, 0.29) is 0 Å². The van der Waals surface area contributed by atoms with E-state index in [9.17, 15) is 0 Å². The van der Waals surface area contributed by atoms with Crippen molar-refractivity contribution in [2.45, 2.75) is 13.3 Å². The summed E-state index contributed by atoms with van der Waals surface area (Å²) in [5.74, 6) is 0.857. The summed E-state index contributed by atoms with van der Waals surface area (Å²) in [5, 5.41) is 0. The first-order chi connectivity index (χ1) is 6.86. The summed E-state index contributed by atoms with van der Waals surface area (Å²) in [5.41, 5.74) is 0. The quantitative estimate of drug-likeness (QED) is 0.547. The third kappa shape index (κ3) is 4.49. The molecule has 1 heterocycles. The molecule has 0 aromatic heterocycles. The normalized spacial score (nSPS) is 20.7. The molecule has 1 saturated heterocycles. The van der Waals surface area contributed by atoms with Gasteiger partial charge in [0.25, 0.3) is 0 Å². The van der Waals surface area contributed by atoms with Crippen LogP contribution in [0.4, 0.5) is 0 Å². The van der Waals surface area contributed by atoms with Gasteiger partial charge in [0.05, 0.1) is 0 Å². The predicted molar refractivity (Wildman–Crippen MR) is 66.2 cm³/mol. The molecule has 1 fully saturated rings. The van der Waals surface area contributed by atoms with Gasteiger partial charge in [-0.05, 0) is 13.0 Å². The van der Waals surface area contributed by atoms with Crippen LogP contribution < -0.4 is 0 Å². The van der Waals surface area contributed by atoms with Gasteiger partial charge in [0.1, 0.15) is 0 Å². The molecule has 1 aliphatic rings. The van der Waals surface area contributed by atoms with Crippen LogP contribution in [0.5, 0.6) is 0 Å². The first-order valence-electron chi connectivity index (χ1n) is 5.57. The molecular weight excluding hydrogens is 192 g/mol. The van der Waals surface area contributed by atoms with E-state index in [4.69, 9.17) is 0 Å².